The molecule has 41 heavy (non-hydrogen) atoms. The first-order valence-electron chi connectivity index (χ1n) is 13.5. The average Bonchev–Trinajstić information content (AvgIpc) is 3.72. The molecule has 0 atom stereocenters. The summed E-state index contributed by atoms with van der Waals surface area (Å²) in [6, 6.07) is 54.7. The van der Waals surface area contributed by atoms with Gasteiger partial charge in [0.05, 0.1) is 3.79 Å². The first kappa shape index (κ1) is 25.9. The van der Waals surface area contributed by atoms with Crippen LogP contribution in [-0.2, 0) is 0 Å². The van der Waals surface area contributed by atoms with E-state index in [9.17, 15) is 0 Å². The summed E-state index contributed by atoms with van der Waals surface area (Å²) in [6.45, 7) is 0. The summed E-state index contributed by atoms with van der Waals surface area (Å²) in [6.07, 6.45) is 0. The maximum atomic E-state index is 3.57. The van der Waals surface area contributed by atoms with Gasteiger partial charge in [-0.05, 0) is 90.3 Å². The third-order valence-electron chi connectivity index (χ3n) is 7.35. The summed E-state index contributed by atoms with van der Waals surface area (Å²) in [5.74, 6) is 0. The molecule has 0 aliphatic carbocycles. The van der Waals surface area contributed by atoms with E-state index in [-0.39, 0.29) is 0 Å². The van der Waals surface area contributed by atoms with E-state index in [0.29, 0.717) is 0 Å². The number of halogens is 1. The fourth-order valence-corrected chi connectivity index (χ4v) is 7.58. The highest BCUT2D eigenvalue weighted by Gasteiger charge is 2.08. The van der Waals surface area contributed by atoms with Gasteiger partial charge in [0, 0.05) is 14.6 Å². The van der Waals surface area contributed by atoms with Crippen LogP contribution in [0.5, 0.6) is 0 Å². The van der Waals surface area contributed by atoms with Crippen LogP contribution in [0.3, 0.4) is 0 Å². The van der Waals surface area contributed by atoms with E-state index >= 15 is 0 Å². The van der Waals surface area contributed by atoms with Crippen molar-refractivity contribution in [2.24, 2.45) is 0 Å². The van der Waals surface area contributed by atoms with Crippen LogP contribution in [0, 0.1) is 0 Å². The molecule has 2 heterocycles. The number of hydrogen-bond donors (Lipinski definition) is 0. The predicted molar refractivity (Wildman–Crippen MR) is 183 cm³/mol. The van der Waals surface area contributed by atoms with E-state index < -0.39 is 0 Å². The van der Waals surface area contributed by atoms with E-state index in [1.807, 2.05) is 11.3 Å². The summed E-state index contributed by atoms with van der Waals surface area (Å²) in [5, 5.41) is 0. The molecule has 0 amide bonds. The molecule has 2 aromatic heterocycles. The van der Waals surface area contributed by atoms with Crippen LogP contribution in [0.25, 0.3) is 64.7 Å². The Hall–Kier alpha value is -4.02. The summed E-state index contributed by atoms with van der Waals surface area (Å²) >= 11 is 7.19. The van der Waals surface area contributed by atoms with Crippen molar-refractivity contribution in [2.75, 3.05) is 0 Å². The molecule has 196 valence electrons. The summed E-state index contributed by atoms with van der Waals surface area (Å²) in [4.78, 5) is 3.91. The topological polar surface area (TPSA) is 0 Å². The first-order chi connectivity index (χ1) is 20.2. The standard InChI is InChI=1S/C38H25BrS2/c39-38-25-24-37(41-38)36-23-22-35(40-36)34-20-18-33(19-21-34)32-16-14-31(15-17-32)30-12-10-29(11-13-30)28-8-6-27(7-9-28)26-4-2-1-3-5-26/h1-25H. The Morgan fingerprint density at radius 3 is 0.976 bits per heavy atom. The number of hydrogen-bond acceptors (Lipinski definition) is 2. The summed E-state index contributed by atoms with van der Waals surface area (Å²) in [5.41, 5.74) is 11.1. The largest absolute Gasteiger partial charge is 0.134 e. The van der Waals surface area contributed by atoms with Crippen molar-refractivity contribution in [3.63, 3.8) is 0 Å². The molecule has 0 aliphatic heterocycles. The maximum absolute atomic E-state index is 3.57. The molecule has 5 aromatic carbocycles. The Morgan fingerprint density at radius 2 is 0.585 bits per heavy atom. The van der Waals surface area contributed by atoms with Gasteiger partial charge in [-0.25, -0.2) is 0 Å². The van der Waals surface area contributed by atoms with Gasteiger partial charge in [-0.3, -0.25) is 0 Å². The van der Waals surface area contributed by atoms with E-state index in [4.69, 9.17) is 0 Å². The smallest absolute Gasteiger partial charge is 0.0705 e. The number of benzene rings is 5. The lowest BCUT2D eigenvalue weighted by Gasteiger charge is -2.08. The van der Waals surface area contributed by atoms with Gasteiger partial charge in [0.1, 0.15) is 0 Å². The fourth-order valence-electron chi connectivity index (χ4n) is 5.10. The van der Waals surface area contributed by atoms with Crippen molar-refractivity contribution in [3.05, 3.63) is 155 Å². The van der Waals surface area contributed by atoms with Crippen molar-refractivity contribution in [1.82, 2.24) is 0 Å². The molecule has 0 spiro atoms. The molecule has 0 N–H and O–H groups in total. The second kappa shape index (κ2) is 11.5. The van der Waals surface area contributed by atoms with E-state index in [1.54, 1.807) is 11.3 Å². The first-order valence-corrected chi connectivity index (χ1v) is 15.9. The van der Waals surface area contributed by atoms with E-state index in [0.717, 1.165) is 0 Å². The van der Waals surface area contributed by atoms with Crippen LogP contribution in [0.1, 0.15) is 0 Å². The predicted octanol–water partition coefficient (Wildman–Crippen LogP) is 12.6. The zero-order valence-electron chi connectivity index (χ0n) is 22.1. The highest BCUT2D eigenvalue weighted by molar-refractivity contribution is 9.11. The molecular weight excluding hydrogens is 600 g/mol. The Balaban J connectivity index is 1.04. The number of rotatable bonds is 6. The minimum absolute atomic E-state index is 1.17. The van der Waals surface area contributed by atoms with E-state index in [2.05, 4.69) is 168 Å². The second-order valence-electron chi connectivity index (χ2n) is 9.94. The molecular formula is C38H25BrS2. The van der Waals surface area contributed by atoms with Crippen molar-refractivity contribution >= 4 is 38.6 Å². The van der Waals surface area contributed by atoms with Gasteiger partial charge in [0.25, 0.3) is 0 Å². The lowest BCUT2D eigenvalue weighted by atomic mass is 9.97. The van der Waals surface area contributed by atoms with Crippen LogP contribution in [0.15, 0.2) is 155 Å². The number of thiophene rings is 2. The van der Waals surface area contributed by atoms with Gasteiger partial charge in [0.15, 0.2) is 0 Å². The SMILES string of the molecule is Brc1ccc(-c2ccc(-c3ccc(-c4ccc(-c5ccc(-c6ccc(-c7ccccc7)cc6)cc5)cc4)cc3)s2)s1. The van der Waals surface area contributed by atoms with Gasteiger partial charge in [-0.15, -0.1) is 22.7 Å². The van der Waals surface area contributed by atoms with E-state index in [1.165, 1.54) is 68.5 Å². The molecule has 7 aromatic rings. The minimum Gasteiger partial charge on any atom is -0.134 e. The Kier molecular flexibility index (Phi) is 7.24. The summed E-state index contributed by atoms with van der Waals surface area (Å²) in [7, 11) is 0. The lowest BCUT2D eigenvalue weighted by molar-refractivity contribution is 1.57. The van der Waals surface area contributed by atoms with Crippen LogP contribution in [0.4, 0.5) is 0 Å². The summed E-state index contributed by atoms with van der Waals surface area (Å²) < 4.78 is 1.17. The van der Waals surface area contributed by atoms with Crippen molar-refractivity contribution < 1.29 is 0 Å². The van der Waals surface area contributed by atoms with Crippen LogP contribution < -0.4 is 0 Å². The van der Waals surface area contributed by atoms with Crippen LogP contribution in [-0.4, -0.2) is 0 Å². The monoisotopic (exact) mass is 624 g/mol. The molecule has 3 heteroatoms. The van der Waals surface area contributed by atoms with Gasteiger partial charge in [0.2, 0.25) is 0 Å². The van der Waals surface area contributed by atoms with Gasteiger partial charge in [-0.2, -0.15) is 0 Å². The van der Waals surface area contributed by atoms with Crippen molar-refractivity contribution in [2.45, 2.75) is 0 Å². The van der Waals surface area contributed by atoms with Crippen molar-refractivity contribution in [1.29, 1.82) is 0 Å². The fraction of sp³-hybridized carbons (Fsp3) is 0. The molecule has 0 saturated heterocycles. The lowest BCUT2D eigenvalue weighted by Crippen LogP contribution is -1.83. The zero-order valence-corrected chi connectivity index (χ0v) is 25.3. The molecule has 0 radical (unpaired) electrons. The highest BCUT2D eigenvalue weighted by atomic mass is 79.9. The van der Waals surface area contributed by atoms with Gasteiger partial charge in [-0.1, -0.05) is 127 Å². The maximum Gasteiger partial charge on any atom is 0.0705 e. The minimum atomic E-state index is 1.17. The normalized spacial score (nSPS) is 11.0. The molecule has 0 nitrogen and oxygen atoms in total. The third kappa shape index (κ3) is 5.62. The van der Waals surface area contributed by atoms with Crippen molar-refractivity contribution in [3.8, 4) is 64.7 Å². The molecule has 0 aliphatic rings. The molecule has 7 rings (SSSR count). The van der Waals surface area contributed by atoms with Crippen LogP contribution in [0.2, 0.25) is 0 Å². The molecule has 0 saturated carbocycles. The molecule has 0 fully saturated rings. The Bertz CT molecular complexity index is 1890. The van der Waals surface area contributed by atoms with Gasteiger partial charge < -0.3 is 0 Å². The Morgan fingerprint density at radius 1 is 0.268 bits per heavy atom. The zero-order chi connectivity index (χ0) is 27.6. The van der Waals surface area contributed by atoms with Crippen LogP contribution >= 0.6 is 38.6 Å². The highest BCUT2D eigenvalue weighted by Crippen LogP contribution is 2.39. The molecule has 0 bridgehead atoms. The third-order valence-corrected chi connectivity index (χ3v) is 10.3. The average molecular weight is 626 g/mol. The Labute approximate surface area is 257 Å². The quantitative estimate of drug-likeness (QED) is 0.172. The van der Waals surface area contributed by atoms with Gasteiger partial charge >= 0.3 is 0 Å². The second-order valence-corrected chi connectivity index (χ2v) is 13.5. The molecule has 0 unspecified atom stereocenters.